The molecule has 1 aromatic heterocycles. The summed E-state index contributed by atoms with van der Waals surface area (Å²) in [5.74, 6) is -0.619. The molecular formula is C8H7F3O3. The van der Waals surface area contributed by atoms with Crippen LogP contribution in [-0.2, 0) is 4.74 Å². The predicted molar refractivity (Wildman–Crippen MR) is 39.9 cm³/mol. The molecule has 0 fully saturated rings. The Morgan fingerprint density at radius 3 is 2.71 bits per heavy atom. The van der Waals surface area contributed by atoms with Gasteiger partial charge in [0.2, 0.25) is 5.78 Å². The van der Waals surface area contributed by atoms with Crippen molar-refractivity contribution in [1.29, 1.82) is 0 Å². The van der Waals surface area contributed by atoms with Crippen molar-refractivity contribution >= 4 is 5.78 Å². The van der Waals surface area contributed by atoms with Crippen molar-refractivity contribution in [2.75, 3.05) is 13.2 Å². The highest BCUT2D eigenvalue weighted by atomic mass is 19.4. The van der Waals surface area contributed by atoms with E-state index in [1.807, 2.05) is 0 Å². The molecule has 0 N–H and O–H groups in total. The van der Waals surface area contributed by atoms with E-state index in [4.69, 9.17) is 0 Å². The minimum absolute atomic E-state index is 0.00725. The number of rotatable bonds is 4. The van der Waals surface area contributed by atoms with Gasteiger partial charge in [0.25, 0.3) is 0 Å². The Bertz CT molecular complexity index is 289. The summed E-state index contributed by atoms with van der Waals surface area (Å²) in [4.78, 5) is 11.0. The van der Waals surface area contributed by atoms with Crippen LogP contribution in [-0.4, -0.2) is 25.2 Å². The van der Waals surface area contributed by atoms with Crippen molar-refractivity contribution in [2.45, 2.75) is 6.18 Å². The molecule has 0 unspecified atom stereocenters. The molecule has 0 aliphatic rings. The van der Waals surface area contributed by atoms with E-state index in [0.717, 1.165) is 0 Å². The fourth-order valence-electron chi connectivity index (χ4n) is 0.768. The Morgan fingerprint density at radius 2 is 2.21 bits per heavy atom. The van der Waals surface area contributed by atoms with Gasteiger partial charge in [0, 0.05) is 0 Å². The molecule has 0 spiro atoms. The van der Waals surface area contributed by atoms with Gasteiger partial charge >= 0.3 is 6.18 Å². The number of halogens is 3. The average molecular weight is 208 g/mol. The lowest BCUT2D eigenvalue weighted by atomic mass is 10.3. The zero-order chi connectivity index (χ0) is 10.6. The first-order valence-corrected chi connectivity index (χ1v) is 3.70. The van der Waals surface area contributed by atoms with Gasteiger partial charge in [-0.15, -0.1) is 0 Å². The van der Waals surface area contributed by atoms with E-state index in [1.165, 1.54) is 18.4 Å². The minimum Gasteiger partial charge on any atom is -0.461 e. The van der Waals surface area contributed by atoms with Crippen molar-refractivity contribution < 1.29 is 27.1 Å². The van der Waals surface area contributed by atoms with Crippen LogP contribution in [0, 0.1) is 0 Å². The van der Waals surface area contributed by atoms with E-state index in [2.05, 4.69) is 9.15 Å². The summed E-state index contributed by atoms with van der Waals surface area (Å²) < 4.78 is 43.6. The Kier molecular flexibility index (Phi) is 3.29. The van der Waals surface area contributed by atoms with Gasteiger partial charge in [-0.2, -0.15) is 13.2 Å². The van der Waals surface area contributed by atoms with Crippen LogP contribution in [0.4, 0.5) is 13.2 Å². The largest absolute Gasteiger partial charge is 0.461 e. The van der Waals surface area contributed by atoms with E-state index in [1.54, 1.807) is 0 Å². The van der Waals surface area contributed by atoms with Crippen LogP contribution < -0.4 is 0 Å². The highest BCUT2D eigenvalue weighted by Crippen LogP contribution is 2.14. The number of ketones is 1. The Labute approximate surface area is 77.5 Å². The van der Waals surface area contributed by atoms with Gasteiger partial charge in [-0.25, -0.2) is 0 Å². The first-order chi connectivity index (χ1) is 6.49. The molecule has 0 bridgehead atoms. The maximum absolute atomic E-state index is 11.6. The number of carbonyl (C=O) groups is 1. The molecule has 0 saturated carbocycles. The maximum atomic E-state index is 11.6. The van der Waals surface area contributed by atoms with Gasteiger partial charge in [-0.3, -0.25) is 4.79 Å². The quantitative estimate of drug-likeness (QED) is 0.711. The minimum atomic E-state index is -4.41. The lowest BCUT2D eigenvalue weighted by Crippen LogP contribution is -2.20. The van der Waals surface area contributed by atoms with Crippen LogP contribution in [0.5, 0.6) is 0 Å². The first-order valence-electron chi connectivity index (χ1n) is 3.70. The molecule has 6 heteroatoms. The number of ether oxygens (including phenoxy) is 1. The number of alkyl halides is 3. The highest BCUT2D eigenvalue weighted by Gasteiger charge is 2.28. The smallest absolute Gasteiger partial charge is 0.411 e. The number of hydrogen-bond donors (Lipinski definition) is 0. The molecule has 0 atom stereocenters. The van der Waals surface area contributed by atoms with Gasteiger partial charge in [0.15, 0.2) is 5.76 Å². The van der Waals surface area contributed by atoms with Crippen LogP contribution >= 0.6 is 0 Å². The number of furan rings is 1. The summed E-state index contributed by atoms with van der Waals surface area (Å²) in [6, 6.07) is 2.83. The Balaban J connectivity index is 2.30. The first kappa shape index (κ1) is 10.8. The lowest BCUT2D eigenvalue weighted by molar-refractivity contribution is -0.171. The van der Waals surface area contributed by atoms with Gasteiger partial charge in [0.1, 0.15) is 13.2 Å². The summed E-state index contributed by atoms with van der Waals surface area (Å²) in [6.07, 6.45) is -3.15. The molecule has 0 aliphatic carbocycles. The van der Waals surface area contributed by atoms with Crippen LogP contribution in [0.15, 0.2) is 22.8 Å². The summed E-state index contributed by atoms with van der Waals surface area (Å²) in [5.41, 5.74) is 0. The summed E-state index contributed by atoms with van der Waals surface area (Å²) in [6.45, 7) is -2.06. The molecule has 1 aromatic rings. The highest BCUT2D eigenvalue weighted by molar-refractivity contribution is 5.94. The van der Waals surface area contributed by atoms with Crippen molar-refractivity contribution in [2.24, 2.45) is 0 Å². The van der Waals surface area contributed by atoms with E-state index in [0.29, 0.717) is 0 Å². The molecule has 0 aliphatic heterocycles. The van der Waals surface area contributed by atoms with E-state index >= 15 is 0 Å². The van der Waals surface area contributed by atoms with Gasteiger partial charge in [-0.05, 0) is 12.1 Å². The zero-order valence-electron chi connectivity index (χ0n) is 7.00. The van der Waals surface area contributed by atoms with Crippen molar-refractivity contribution in [3.8, 4) is 0 Å². The second-order valence-corrected chi connectivity index (χ2v) is 2.51. The van der Waals surface area contributed by atoms with Crippen LogP contribution in [0.1, 0.15) is 10.6 Å². The average Bonchev–Trinajstić information content (AvgIpc) is 2.53. The third-order valence-corrected chi connectivity index (χ3v) is 1.29. The molecule has 3 nitrogen and oxygen atoms in total. The van der Waals surface area contributed by atoms with Gasteiger partial charge < -0.3 is 9.15 Å². The zero-order valence-corrected chi connectivity index (χ0v) is 7.00. The fourth-order valence-corrected chi connectivity index (χ4v) is 0.768. The molecule has 0 radical (unpaired) electrons. The SMILES string of the molecule is O=C(COCC(F)(F)F)c1ccco1. The van der Waals surface area contributed by atoms with Crippen molar-refractivity contribution in [3.05, 3.63) is 24.2 Å². The molecule has 1 heterocycles. The molecule has 14 heavy (non-hydrogen) atoms. The van der Waals surface area contributed by atoms with Crippen molar-refractivity contribution in [1.82, 2.24) is 0 Å². The van der Waals surface area contributed by atoms with Crippen LogP contribution in [0.3, 0.4) is 0 Å². The van der Waals surface area contributed by atoms with E-state index in [9.17, 15) is 18.0 Å². The molecular weight excluding hydrogens is 201 g/mol. The Hall–Kier alpha value is -1.30. The van der Waals surface area contributed by atoms with E-state index in [-0.39, 0.29) is 5.76 Å². The lowest BCUT2D eigenvalue weighted by Gasteiger charge is -2.05. The predicted octanol–water partition coefficient (Wildman–Crippen LogP) is 2.04. The van der Waals surface area contributed by atoms with Gasteiger partial charge in [0.05, 0.1) is 6.26 Å². The van der Waals surface area contributed by atoms with Gasteiger partial charge in [-0.1, -0.05) is 0 Å². The molecule has 0 amide bonds. The molecule has 78 valence electrons. The molecule has 0 saturated heterocycles. The molecule has 1 rings (SSSR count). The topological polar surface area (TPSA) is 39.4 Å². The third-order valence-electron chi connectivity index (χ3n) is 1.29. The van der Waals surface area contributed by atoms with Crippen molar-refractivity contribution in [3.63, 3.8) is 0 Å². The summed E-state index contributed by atoms with van der Waals surface area (Å²) in [7, 11) is 0. The number of Topliss-reactive ketones (excluding diaryl/α,β-unsaturated/α-hetero) is 1. The summed E-state index contributed by atoms with van der Waals surface area (Å²) >= 11 is 0. The maximum Gasteiger partial charge on any atom is 0.411 e. The van der Waals surface area contributed by atoms with E-state index < -0.39 is 25.2 Å². The van der Waals surface area contributed by atoms with Crippen LogP contribution in [0.25, 0.3) is 0 Å². The monoisotopic (exact) mass is 208 g/mol. The second-order valence-electron chi connectivity index (χ2n) is 2.51. The van der Waals surface area contributed by atoms with Crippen LogP contribution in [0.2, 0.25) is 0 Å². The fraction of sp³-hybridized carbons (Fsp3) is 0.375. The number of carbonyl (C=O) groups excluding carboxylic acids is 1. The summed E-state index contributed by atoms with van der Waals surface area (Å²) in [5, 5.41) is 0. The second kappa shape index (κ2) is 4.28. The third kappa shape index (κ3) is 3.61. The molecule has 0 aromatic carbocycles. The Morgan fingerprint density at radius 1 is 1.50 bits per heavy atom. The number of hydrogen-bond acceptors (Lipinski definition) is 3. The standard InChI is InChI=1S/C8H7F3O3/c9-8(10,11)5-13-4-6(12)7-2-1-3-14-7/h1-3H,4-5H2. The normalized spacial score (nSPS) is 11.6.